The Labute approximate surface area is 128 Å². The molecule has 0 bridgehead atoms. The summed E-state index contributed by atoms with van der Waals surface area (Å²) in [6, 6.07) is 12.6. The molecule has 2 aromatic rings. The van der Waals surface area contributed by atoms with Gasteiger partial charge in [-0.25, -0.2) is 4.39 Å². The molecular weight excluding hydrogens is 283 g/mol. The third-order valence-electron chi connectivity index (χ3n) is 3.16. The minimum absolute atomic E-state index is 0.147. The van der Waals surface area contributed by atoms with Crippen molar-refractivity contribution < 1.29 is 14.0 Å². The molecule has 0 saturated carbocycles. The lowest BCUT2D eigenvalue weighted by molar-refractivity contribution is -0.115. The number of anilines is 1. The zero-order chi connectivity index (χ0) is 15.9. The number of carbonyl (C=O) groups excluding carboxylic acids is 2. The van der Waals surface area contributed by atoms with E-state index in [1.807, 2.05) is 19.1 Å². The monoisotopic (exact) mass is 300 g/mol. The number of nitrogens with one attached hydrogen (secondary N) is 2. The highest BCUT2D eigenvalue weighted by atomic mass is 19.1. The minimum Gasteiger partial charge on any atom is -0.343 e. The van der Waals surface area contributed by atoms with E-state index in [1.54, 1.807) is 12.1 Å². The Morgan fingerprint density at radius 1 is 1.00 bits per heavy atom. The first kappa shape index (κ1) is 15.7. The van der Waals surface area contributed by atoms with Crippen LogP contribution in [-0.2, 0) is 11.2 Å². The van der Waals surface area contributed by atoms with Gasteiger partial charge in [-0.1, -0.05) is 19.1 Å². The van der Waals surface area contributed by atoms with Gasteiger partial charge in [0.25, 0.3) is 5.91 Å². The van der Waals surface area contributed by atoms with Crippen molar-refractivity contribution in [3.63, 3.8) is 0 Å². The summed E-state index contributed by atoms with van der Waals surface area (Å²) in [5.41, 5.74) is 2.13. The molecule has 0 aliphatic carbocycles. The Kier molecular flexibility index (Phi) is 5.25. The van der Waals surface area contributed by atoms with E-state index in [-0.39, 0.29) is 24.2 Å². The van der Waals surface area contributed by atoms with Crippen LogP contribution in [0.2, 0.25) is 0 Å². The van der Waals surface area contributed by atoms with E-state index in [0.717, 1.165) is 12.0 Å². The molecule has 0 unspecified atom stereocenters. The van der Waals surface area contributed by atoms with Crippen LogP contribution >= 0.6 is 0 Å². The van der Waals surface area contributed by atoms with Crippen molar-refractivity contribution in [3.05, 3.63) is 65.5 Å². The molecule has 0 saturated heterocycles. The summed E-state index contributed by atoms with van der Waals surface area (Å²) in [7, 11) is 0. The first-order chi connectivity index (χ1) is 10.6. The molecule has 0 aliphatic rings. The SMILES string of the molecule is CCc1ccc(C(=O)NCC(=O)Nc2ccc(F)cc2)cc1. The molecular formula is C17H17FN2O2. The predicted molar refractivity (Wildman–Crippen MR) is 83.2 cm³/mol. The smallest absolute Gasteiger partial charge is 0.251 e. The zero-order valence-corrected chi connectivity index (χ0v) is 12.2. The Morgan fingerprint density at radius 2 is 1.64 bits per heavy atom. The molecule has 0 aromatic heterocycles. The summed E-state index contributed by atoms with van der Waals surface area (Å²) < 4.78 is 12.8. The van der Waals surface area contributed by atoms with Gasteiger partial charge in [0.2, 0.25) is 5.91 Å². The second kappa shape index (κ2) is 7.36. The van der Waals surface area contributed by atoms with E-state index in [2.05, 4.69) is 10.6 Å². The van der Waals surface area contributed by atoms with Gasteiger partial charge in [0.05, 0.1) is 6.54 Å². The Hall–Kier alpha value is -2.69. The first-order valence-electron chi connectivity index (χ1n) is 7.01. The van der Waals surface area contributed by atoms with Gasteiger partial charge < -0.3 is 10.6 Å². The van der Waals surface area contributed by atoms with Gasteiger partial charge in [-0.2, -0.15) is 0 Å². The zero-order valence-electron chi connectivity index (χ0n) is 12.2. The molecule has 0 spiro atoms. The molecule has 22 heavy (non-hydrogen) atoms. The molecule has 5 heteroatoms. The van der Waals surface area contributed by atoms with E-state index in [1.165, 1.54) is 24.3 Å². The van der Waals surface area contributed by atoms with Gasteiger partial charge in [-0.15, -0.1) is 0 Å². The average molecular weight is 300 g/mol. The third-order valence-corrected chi connectivity index (χ3v) is 3.16. The number of amides is 2. The lowest BCUT2D eigenvalue weighted by atomic mass is 10.1. The molecule has 114 valence electrons. The second-order valence-electron chi connectivity index (χ2n) is 4.79. The molecule has 2 aromatic carbocycles. The van der Waals surface area contributed by atoms with Crippen molar-refractivity contribution >= 4 is 17.5 Å². The van der Waals surface area contributed by atoms with Gasteiger partial charge >= 0.3 is 0 Å². The van der Waals surface area contributed by atoms with Gasteiger partial charge in [-0.3, -0.25) is 9.59 Å². The Morgan fingerprint density at radius 3 is 2.23 bits per heavy atom. The van der Waals surface area contributed by atoms with Crippen LogP contribution in [0.1, 0.15) is 22.8 Å². The normalized spacial score (nSPS) is 10.1. The summed E-state index contributed by atoms with van der Waals surface area (Å²) in [6.45, 7) is 1.89. The van der Waals surface area contributed by atoms with Crippen LogP contribution in [0.15, 0.2) is 48.5 Å². The van der Waals surface area contributed by atoms with Crippen molar-refractivity contribution in [2.75, 3.05) is 11.9 Å². The standard InChI is InChI=1S/C17H17FN2O2/c1-2-12-3-5-13(6-4-12)17(22)19-11-16(21)20-15-9-7-14(18)8-10-15/h3-10H,2,11H2,1H3,(H,19,22)(H,20,21). The summed E-state index contributed by atoms with van der Waals surface area (Å²) in [4.78, 5) is 23.6. The minimum atomic E-state index is -0.373. The summed E-state index contributed by atoms with van der Waals surface area (Å²) in [5.74, 6) is -1.05. The highest BCUT2D eigenvalue weighted by Crippen LogP contribution is 2.08. The molecule has 0 fully saturated rings. The fourth-order valence-electron chi connectivity index (χ4n) is 1.89. The quantitative estimate of drug-likeness (QED) is 0.892. The topological polar surface area (TPSA) is 58.2 Å². The first-order valence-corrected chi connectivity index (χ1v) is 7.01. The Balaban J connectivity index is 1.84. The van der Waals surface area contributed by atoms with Gasteiger partial charge in [0, 0.05) is 11.3 Å². The number of benzene rings is 2. The molecule has 2 N–H and O–H groups in total. The predicted octanol–water partition coefficient (Wildman–Crippen LogP) is 2.76. The van der Waals surface area contributed by atoms with Gasteiger partial charge in [0.15, 0.2) is 0 Å². The molecule has 2 rings (SSSR count). The van der Waals surface area contributed by atoms with Crippen LogP contribution in [-0.4, -0.2) is 18.4 Å². The van der Waals surface area contributed by atoms with Crippen LogP contribution in [0.4, 0.5) is 10.1 Å². The number of rotatable bonds is 5. The molecule has 2 amide bonds. The Bertz CT molecular complexity index is 651. The molecule has 0 aliphatic heterocycles. The lowest BCUT2D eigenvalue weighted by Crippen LogP contribution is -2.32. The fourth-order valence-corrected chi connectivity index (χ4v) is 1.89. The number of aryl methyl sites for hydroxylation is 1. The molecule has 0 radical (unpaired) electrons. The van der Waals surface area contributed by atoms with Crippen molar-refractivity contribution in [1.29, 1.82) is 0 Å². The fraction of sp³-hybridized carbons (Fsp3) is 0.176. The maximum absolute atomic E-state index is 12.8. The molecule has 0 heterocycles. The number of halogens is 1. The van der Waals surface area contributed by atoms with Crippen LogP contribution in [0, 0.1) is 5.82 Å². The van der Waals surface area contributed by atoms with Crippen molar-refractivity contribution in [3.8, 4) is 0 Å². The highest BCUT2D eigenvalue weighted by Gasteiger charge is 2.08. The van der Waals surface area contributed by atoms with Gasteiger partial charge in [-0.05, 0) is 48.4 Å². The number of carbonyl (C=O) groups is 2. The highest BCUT2D eigenvalue weighted by molar-refractivity contribution is 5.99. The van der Waals surface area contributed by atoms with E-state index < -0.39 is 0 Å². The number of hydrogen-bond acceptors (Lipinski definition) is 2. The second-order valence-corrected chi connectivity index (χ2v) is 4.79. The maximum Gasteiger partial charge on any atom is 0.251 e. The third kappa shape index (κ3) is 4.41. The molecule has 4 nitrogen and oxygen atoms in total. The van der Waals surface area contributed by atoms with Crippen LogP contribution < -0.4 is 10.6 Å². The summed E-state index contributed by atoms with van der Waals surface area (Å²) in [6.07, 6.45) is 0.905. The van der Waals surface area contributed by atoms with Crippen molar-refractivity contribution in [1.82, 2.24) is 5.32 Å². The average Bonchev–Trinajstić information content (AvgIpc) is 2.55. The van der Waals surface area contributed by atoms with Crippen LogP contribution in [0.25, 0.3) is 0 Å². The van der Waals surface area contributed by atoms with E-state index in [0.29, 0.717) is 11.3 Å². The van der Waals surface area contributed by atoms with Crippen LogP contribution in [0.3, 0.4) is 0 Å². The molecule has 0 atom stereocenters. The van der Waals surface area contributed by atoms with Crippen molar-refractivity contribution in [2.24, 2.45) is 0 Å². The van der Waals surface area contributed by atoms with E-state index in [9.17, 15) is 14.0 Å². The maximum atomic E-state index is 12.8. The largest absolute Gasteiger partial charge is 0.343 e. The summed E-state index contributed by atoms with van der Waals surface area (Å²) >= 11 is 0. The summed E-state index contributed by atoms with van der Waals surface area (Å²) in [5, 5.41) is 5.12. The lowest BCUT2D eigenvalue weighted by Gasteiger charge is -2.07. The van der Waals surface area contributed by atoms with E-state index in [4.69, 9.17) is 0 Å². The van der Waals surface area contributed by atoms with Crippen LogP contribution in [0.5, 0.6) is 0 Å². The van der Waals surface area contributed by atoms with Gasteiger partial charge in [0.1, 0.15) is 5.82 Å². The number of hydrogen-bond donors (Lipinski definition) is 2. The van der Waals surface area contributed by atoms with Crippen molar-refractivity contribution in [2.45, 2.75) is 13.3 Å². The van der Waals surface area contributed by atoms with E-state index >= 15 is 0 Å².